The summed E-state index contributed by atoms with van der Waals surface area (Å²) >= 11 is 3.36. The van der Waals surface area contributed by atoms with Gasteiger partial charge in [-0.1, -0.05) is 15.9 Å². The lowest BCUT2D eigenvalue weighted by Gasteiger charge is -1.95. The van der Waals surface area contributed by atoms with Gasteiger partial charge >= 0.3 is 0 Å². The molecule has 0 atom stereocenters. The molecule has 7 nitrogen and oxygen atoms in total. The van der Waals surface area contributed by atoms with Crippen LogP contribution in [0.25, 0.3) is 10.9 Å². The Balaban J connectivity index is 2.08. The van der Waals surface area contributed by atoms with Gasteiger partial charge in [-0.15, -0.1) is 10.2 Å². The molecule has 2 aromatic heterocycles. The van der Waals surface area contributed by atoms with Gasteiger partial charge in [0.25, 0.3) is 5.56 Å². The molecule has 0 unspecified atom stereocenters. The van der Waals surface area contributed by atoms with E-state index in [-0.39, 0.29) is 23.1 Å². The molecule has 0 spiro atoms. The summed E-state index contributed by atoms with van der Waals surface area (Å²) in [5.74, 6) is -0.00871. The number of nitrogens with zero attached hydrogens (tertiary/aromatic N) is 3. The Morgan fingerprint density at radius 2 is 2.05 bits per heavy atom. The van der Waals surface area contributed by atoms with Gasteiger partial charge in [0.2, 0.25) is 11.8 Å². The van der Waals surface area contributed by atoms with Crippen molar-refractivity contribution in [1.29, 1.82) is 0 Å². The number of aromatic nitrogens is 3. The Morgan fingerprint density at radius 1 is 1.24 bits per heavy atom. The molecule has 3 rings (SSSR count). The van der Waals surface area contributed by atoms with Crippen LogP contribution >= 0.6 is 15.9 Å². The third-order valence-corrected chi connectivity index (χ3v) is 3.31. The predicted octanol–water partition coefficient (Wildman–Crippen LogP) is 3.44. The average molecular weight is 348 g/mol. The van der Waals surface area contributed by atoms with Crippen LogP contribution in [-0.2, 0) is 0 Å². The molecule has 8 heteroatoms. The minimum Gasteiger partial charge on any atom is -0.493 e. The first-order valence-electron chi connectivity index (χ1n) is 6.03. The SMILES string of the molecule is Cc1cc(=O)[nH]c(N=Nc2c(O)[nH]c3ccc(Br)cc23)n1. The van der Waals surface area contributed by atoms with Crippen LogP contribution < -0.4 is 5.56 Å². The van der Waals surface area contributed by atoms with Crippen molar-refractivity contribution in [2.24, 2.45) is 10.2 Å². The summed E-state index contributed by atoms with van der Waals surface area (Å²) in [6.07, 6.45) is 0. The van der Waals surface area contributed by atoms with Crippen LogP contribution in [0.2, 0.25) is 0 Å². The Labute approximate surface area is 126 Å². The molecule has 0 fully saturated rings. The Bertz CT molecular complexity index is 913. The van der Waals surface area contributed by atoms with Crippen LogP contribution in [0.1, 0.15) is 5.69 Å². The second-order valence-electron chi connectivity index (χ2n) is 4.42. The summed E-state index contributed by atoms with van der Waals surface area (Å²) in [5.41, 5.74) is 1.26. The molecule has 0 radical (unpaired) electrons. The van der Waals surface area contributed by atoms with E-state index in [1.807, 2.05) is 18.2 Å². The zero-order valence-corrected chi connectivity index (χ0v) is 12.5. The lowest BCUT2D eigenvalue weighted by Crippen LogP contribution is -2.05. The number of aromatic hydroxyl groups is 1. The molecule has 3 aromatic rings. The van der Waals surface area contributed by atoms with E-state index in [1.165, 1.54) is 6.07 Å². The third-order valence-electron chi connectivity index (χ3n) is 2.82. The Hall–Kier alpha value is -2.48. The standard InChI is InChI=1S/C13H10BrN5O2/c1-6-4-10(20)17-13(15-6)19-18-11-8-5-7(14)2-3-9(8)16-12(11)21/h2-5,16,21H,1H3,(H,15,17,20). The van der Waals surface area contributed by atoms with Crippen LogP contribution in [0.4, 0.5) is 11.6 Å². The van der Waals surface area contributed by atoms with Crippen molar-refractivity contribution in [3.05, 3.63) is 44.8 Å². The number of rotatable bonds is 2. The van der Waals surface area contributed by atoms with Gasteiger partial charge in [-0.2, -0.15) is 0 Å². The molecule has 0 aliphatic rings. The maximum atomic E-state index is 11.3. The maximum Gasteiger partial charge on any atom is 0.252 e. The van der Waals surface area contributed by atoms with Crippen LogP contribution in [-0.4, -0.2) is 20.1 Å². The van der Waals surface area contributed by atoms with Crippen LogP contribution in [0.5, 0.6) is 5.88 Å². The highest BCUT2D eigenvalue weighted by Gasteiger charge is 2.10. The summed E-state index contributed by atoms with van der Waals surface area (Å²) in [5, 5.41) is 18.5. The summed E-state index contributed by atoms with van der Waals surface area (Å²) < 4.78 is 0.854. The van der Waals surface area contributed by atoms with Crippen molar-refractivity contribution in [3.8, 4) is 5.88 Å². The summed E-state index contributed by atoms with van der Waals surface area (Å²) in [4.78, 5) is 20.6. The molecule has 1 aromatic carbocycles. The van der Waals surface area contributed by atoms with E-state index in [9.17, 15) is 9.90 Å². The first-order chi connectivity index (χ1) is 10.0. The number of benzene rings is 1. The van der Waals surface area contributed by atoms with Gasteiger partial charge in [0, 0.05) is 21.6 Å². The summed E-state index contributed by atoms with van der Waals surface area (Å²) in [6.45, 7) is 1.69. The lowest BCUT2D eigenvalue weighted by atomic mass is 10.2. The number of H-pyrrole nitrogens is 2. The number of hydrogen-bond donors (Lipinski definition) is 3. The molecular formula is C13H10BrN5O2. The fraction of sp³-hybridized carbons (Fsp3) is 0.0769. The minimum absolute atomic E-state index is 0.0868. The fourth-order valence-electron chi connectivity index (χ4n) is 1.94. The number of nitrogens with one attached hydrogen (secondary N) is 2. The van der Waals surface area contributed by atoms with Crippen molar-refractivity contribution in [2.45, 2.75) is 6.92 Å². The normalized spacial score (nSPS) is 11.5. The second-order valence-corrected chi connectivity index (χ2v) is 5.34. The van der Waals surface area contributed by atoms with Gasteiger partial charge in [-0.25, -0.2) is 4.98 Å². The van der Waals surface area contributed by atoms with Gasteiger partial charge < -0.3 is 10.1 Å². The van der Waals surface area contributed by atoms with E-state index in [2.05, 4.69) is 41.1 Å². The molecule has 0 saturated carbocycles. The highest BCUT2D eigenvalue weighted by Crippen LogP contribution is 2.37. The van der Waals surface area contributed by atoms with Gasteiger partial charge in [-0.05, 0) is 25.1 Å². The van der Waals surface area contributed by atoms with Crippen molar-refractivity contribution >= 4 is 38.5 Å². The van der Waals surface area contributed by atoms with Gasteiger partial charge in [0.1, 0.15) is 0 Å². The molecule has 0 bridgehead atoms. The van der Waals surface area contributed by atoms with Crippen molar-refractivity contribution in [2.75, 3.05) is 0 Å². The first kappa shape index (κ1) is 13.5. The first-order valence-corrected chi connectivity index (χ1v) is 6.82. The number of fused-ring (bicyclic) bond motifs is 1. The number of aryl methyl sites for hydroxylation is 1. The summed E-state index contributed by atoms with van der Waals surface area (Å²) in [7, 11) is 0. The zero-order valence-electron chi connectivity index (χ0n) is 10.9. The van der Waals surface area contributed by atoms with E-state index >= 15 is 0 Å². The second kappa shape index (κ2) is 5.13. The third kappa shape index (κ3) is 2.70. The van der Waals surface area contributed by atoms with E-state index in [0.717, 1.165) is 9.99 Å². The number of hydrogen-bond acceptors (Lipinski definition) is 5. The zero-order chi connectivity index (χ0) is 15.0. The van der Waals surface area contributed by atoms with E-state index in [4.69, 9.17) is 0 Å². The van der Waals surface area contributed by atoms with E-state index in [1.54, 1.807) is 6.92 Å². The highest BCUT2D eigenvalue weighted by atomic mass is 79.9. The Morgan fingerprint density at radius 3 is 2.81 bits per heavy atom. The fourth-order valence-corrected chi connectivity index (χ4v) is 2.31. The largest absolute Gasteiger partial charge is 0.493 e. The number of aromatic amines is 2. The monoisotopic (exact) mass is 347 g/mol. The minimum atomic E-state index is -0.303. The van der Waals surface area contributed by atoms with E-state index in [0.29, 0.717) is 11.1 Å². The van der Waals surface area contributed by atoms with Crippen molar-refractivity contribution in [3.63, 3.8) is 0 Å². The van der Waals surface area contributed by atoms with Gasteiger partial charge in [0.15, 0.2) is 5.69 Å². The highest BCUT2D eigenvalue weighted by molar-refractivity contribution is 9.10. The number of halogens is 1. The quantitative estimate of drug-likeness (QED) is 0.618. The van der Waals surface area contributed by atoms with Crippen molar-refractivity contribution < 1.29 is 5.11 Å². The molecule has 106 valence electrons. The molecular weight excluding hydrogens is 338 g/mol. The predicted molar refractivity (Wildman–Crippen MR) is 81.4 cm³/mol. The van der Waals surface area contributed by atoms with Gasteiger partial charge in [-0.3, -0.25) is 9.78 Å². The lowest BCUT2D eigenvalue weighted by molar-refractivity contribution is 0.459. The smallest absolute Gasteiger partial charge is 0.252 e. The van der Waals surface area contributed by atoms with Crippen LogP contribution in [0.15, 0.2) is 43.8 Å². The molecule has 0 amide bonds. The van der Waals surface area contributed by atoms with Crippen LogP contribution in [0, 0.1) is 6.92 Å². The Kier molecular flexibility index (Phi) is 3.30. The molecule has 21 heavy (non-hydrogen) atoms. The summed E-state index contributed by atoms with van der Waals surface area (Å²) in [6, 6.07) is 6.83. The van der Waals surface area contributed by atoms with Crippen molar-refractivity contribution in [1.82, 2.24) is 15.0 Å². The van der Waals surface area contributed by atoms with Crippen LogP contribution in [0.3, 0.4) is 0 Å². The topological polar surface area (TPSA) is 106 Å². The molecule has 0 aliphatic carbocycles. The molecule has 0 aliphatic heterocycles. The van der Waals surface area contributed by atoms with Gasteiger partial charge in [0.05, 0.1) is 5.52 Å². The average Bonchev–Trinajstić information content (AvgIpc) is 2.70. The molecule has 3 N–H and O–H groups in total. The molecule has 2 heterocycles. The number of azo groups is 1. The van der Waals surface area contributed by atoms with E-state index < -0.39 is 0 Å². The molecule has 0 saturated heterocycles. The maximum absolute atomic E-state index is 11.3.